The SMILES string of the molecule is CC(C)NS(=O)(=O)c1ccccc1Nc1cccc(N)c1. The van der Waals surface area contributed by atoms with E-state index in [2.05, 4.69) is 10.0 Å². The zero-order valence-electron chi connectivity index (χ0n) is 12.0. The smallest absolute Gasteiger partial charge is 0.242 e. The minimum absolute atomic E-state index is 0.171. The highest BCUT2D eigenvalue weighted by molar-refractivity contribution is 7.89. The van der Waals surface area contributed by atoms with Crippen molar-refractivity contribution in [3.05, 3.63) is 48.5 Å². The molecule has 0 amide bonds. The molecule has 0 spiro atoms. The Labute approximate surface area is 125 Å². The highest BCUT2D eigenvalue weighted by Crippen LogP contribution is 2.25. The molecule has 4 N–H and O–H groups in total. The number of rotatable bonds is 5. The first-order chi connectivity index (χ1) is 9.88. The molecule has 2 rings (SSSR count). The van der Waals surface area contributed by atoms with Crippen LogP contribution in [0.2, 0.25) is 0 Å². The Bertz CT molecular complexity index is 727. The van der Waals surface area contributed by atoms with Gasteiger partial charge in [-0.15, -0.1) is 0 Å². The normalized spacial score (nSPS) is 11.6. The van der Waals surface area contributed by atoms with Crippen LogP contribution in [0, 0.1) is 0 Å². The van der Waals surface area contributed by atoms with Gasteiger partial charge in [0.05, 0.1) is 5.69 Å². The Morgan fingerprint density at radius 2 is 1.76 bits per heavy atom. The second-order valence-electron chi connectivity index (χ2n) is 5.02. The van der Waals surface area contributed by atoms with Crippen LogP contribution >= 0.6 is 0 Å². The number of nitrogens with one attached hydrogen (secondary N) is 2. The molecule has 0 aliphatic carbocycles. The van der Waals surface area contributed by atoms with E-state index in [1.165, 1.54) is 0 Å². The molecule has 0 saturated carbocycles. The van der Waals surface area contributed by atoms with Crippen LogP contribution in [0.3, 0.4) is 0 Å². The quantitative estimate of drug-likeness (QED) is 0.742. The van der Waals surface area contributed by atoms with Crippen molar-refractivity contribution in [1.82, 2.24) is 4.72 Å². The van der Waals surface area contributed by atoms with Crippen LogP contribution in [0.5, 0.6) is 0 Å². The molecule has 6 heteroatoms. The molecule has 0 aliphatic heterocycles. The Morgan fingerprint density at radius 3 is 2.43 bits per heavy atom. The average Bonchev–Trinajstić information content (AvgIpc) is 2.37. The third kappa shape index (κ3) is 3.96. The molecular formula is C15H19N3O2S. The molecule has 0 atom stereocenters. The van der Waals surface area contributed by atoms with E-state index in [-0.39, 0.29) is 10.9 Å². The van der Waals surface area contributed by atoms with E-state index in [4.69, 9.17) is 5.73 Å². The first kappa shape index (κ1) is 15.3. The van der Waals surface area contributed by atoms with Crippen LogP contribution in [0.4, 0.5) is 17.1 Å². The number of hydrogen-bond donors (Lipinski definition) is 3. The van der Waals surface area contributed by atoms with Crippen molar-refractivity contribution in [2.24, 2.45) is 0 Å². The maximum atomic E-state index is 12.3. The molecule has 0 saturated heterocycles. The minimum Gasteiger partial charge on any atom is -0.399 e. The third-order valence-corrected chi connectivity index (χ3v) is 4.45. The maximum Gasteiger partial charge on any atom is 0.242 e. The van der Waals surface area contributed by atoms with Crippen LogP contribution in [-0.4, -0.2) is 14.5 Å². The molecule has 0 bridgehead atoms. The minimum atomic E-state index is -3.56. The summed E-state index contributed by atoms with van der Waals surface area (Å²) in [5, 5.41) is 3.09. The zero-order chi connectivity index (χ0) is 15.5. The van der Waals surface area contributed by atoms with Crippen molar-refractivity contribution in [3.63, 3.8) is 0 Å². The molecule has 0 heterocycles. The molecule has 2 aromatic carbocycles. The number of para-hydroxylation sites is 1. The van der Waals surface area contributed by atoms with Gasteiger partial charge in [-0.25, -0.2) is 13.1 Å². The average molecular weight is 305 g/mol. The number of hydrogen-bond acceptors (Lipinski definition) is 4. The van der Waals surface area contributed by atoms with Gasteiger partial charge in [0.1, 0.15) is 4.90 Å². The van der Waals surface area contributed by atoms with Crippen LogP contribution in [0.15, 0.2) is 53.4 Å². The molecule has 2 aromatic rings. The van der Waals surface area contributed by atoms with E-state index in [1.54, 1.807) is 56.3 Å². The molecule has 21 heavy (non-hydrogen) atoms. The van der Waals surface area contributed by atoms with Gasteiger partial charge in [-0.2, -0.15) is 0 Å². The first-order valence-electron chi connectivity index (χ1n) is 6.62. The fourth-order valence-corrected chi connectivity index (χ4v) is 3.36. The largest absolute Gasteiger partial charge is 0.399 e. The maximum absolute atomic E-state index is 12.3. The second kappa shape index (κ2) is 6.15. The van der Waals surface area contributed by atoms with Crippen molar-refractivity contribution < 1.29 is 8.42 Å². The molecule has 0 radical (unpaired) electrons. The number of nitrogen functional groups attached to an aromatic ring is 1. The molecule has 112 valence electrons. The van der Waals surface area contributed by atoms with Gasteiger partial charge in [-0.1, -0.05) is 18.2 Å². The summed E-state index contributed by atoms with van der Waals surface area (Å²) < 4.78 is 27.3. The lowest BCUT2D eigenvalue weighted by molar-refractivity contribution is 0.570. The Balaban J connectivity index is 2.38. The summed E-state index contributed by atoms with van der Waals surface area (Å²) in [6.45, 7) is 3.57. The van der Waals surface area contributed by atoms with Crippen molar-refractivity contribution in [1.29, 1.82) is 0 Å². The van der Waals surface area contributed by atoms with E-state index in [9.17, 15) is 8.42 Å². The monoisotopic (exact) mass is 305 g/mol. The molecule has 0 unspecified atom stereocenters. The molecule has 0 aromatic heterocycles. The van der Waals surface area contributed by atoms with E-state index >= 15 is 0 Å². The lowest BCUT2D eigenvalue weighted by Crippen LogP contribution is -2.30. The standard InChI is InChI=1S/C15H19N3O2S/c1-11(2)18-21(19,20)15-9-4-3-8-14(15)17-13-7-5-6-12(16)10-13/h3-11,17-18H,16H2,1-2H3. The van der Waals surface area contributed by atoms with Crippen molar-refractivity contribution >= 4 is 27.1 Å². The number of benzene rings is 2. The third-order valence-electron chi connectivity index (χ3n) is 2.73. The fourth-order valence-electron chi connectivity index (χ4n) is 1.95. The highest BCUT2D eigenvalue weighted by Gasteiger charge is 2.19. The summed E-state index contributed by atoms with van der Waals surface area (Å²) in [5.41, 5.74) is 7.59. The van der Waals surface area contributed by atoms with E-state index < -0.39 is 10.0 Å². The van der Waals surface area contributed by atoms with Gasteiger partial charge in [0.15, 0.2) is 0 Å². The van der Waals surface area contributed by atoms with Gasteiger partial charge in [0, 0.05) is 17.4 Å². The number of anilines is 3. The van der Waals surface area contributed by atoms with Crippen LogP contribution in [0.25, 0.3) is 0 Å². The van der Waals surface area contributed by atoms with E-state index in [0.717, 1.165) is 5.69 Å². The van der Waals surface area contributed by atoms with Crippen molar-refractivity contribution in [2.45, 2.75) is 24.8 Å². The van der Waals surface area contributed by atoms with Gasteiger partial charge in [-0.05, 0) is 44.2 Å². The summed E-state index contributed by atoms with van der Waals surface area (Å²) in [6, 6.07) is 13.7. The highest BCUT2D eigenvalue weighted by atomic mass is 32.2. The fraction of sp³-hybridized carbons (Fsp3) is 0.200. The molecule has 5 nitrogen and oxygen atoms in total. The summed E-state index contributed by atoms with van der Waals surface area (Å²) >= 11 is 0. The second-order valence-corrected chi connectivity index (χ2v) is 6.71. The Kier molecular flexibility index (Phi) is 4.50. The van der Waals surface area contributed by atoms with Crippen LogP contribution in [0.1, 0.15) is 13.8 Å². The number of nitrogens with two attached hydrogens (primary N) is 1. The zero-order valence-corrected chi connectivity index (χ0v) is 12.8. The lowest BCUT2D eigenvalue weighted by atomic mass is 10.2. The summed E-state index contributed by atoms with van der Waals surface area (Å²) in [5.74, 6) is 0. The summed E-state index contributed by atoms with van der Waals surface area (Å²) in [7, 11) is -3.56. The Morgan fingerprint density at radius 1 is 1.05 bits per heavy atom. The molecular weight excluding hydrogens is 286 g/mol. The van der Waals surface area contributed by atoms with Crippen LogP contribution < -0.4 is 15.8 Å². The summed E-state index contributed by atoms with van der Waals surface area (Å²) in [6.07, 6.45) is 0. The van der Waals surface area contributed by atoms with Crippen LogP contribution in [-0.2, 0) is 10.0 Å². The van der Waals surface area contributed by atoms with Gasteiger partial charge in [0.2, 0.25) is 10.0 Å². The van der Waals surface area contributed by atoms with Gasteiger partial charge in [0.25, 0.3) is 0 Å². The predicted octanol–water partition coefficient (Wildman–Crippen LogP) is 2.70. The lowest BCUT2D eigenvalue weighted by Gasteiger charge is -2.15. The first-order valence-corrected chi connectivity index (χ1v) is 8.11. The van der Waals surface area contributed by atoms with Gasteiger partial charge in [-0.3, -0.25) is 0 Å². The van der Waals surface area contributed by atoms with Gasteiger partial charge < -0.3 is 11.1 Å². The van der Waals surface area contributed by atoms with Gasteiger partial charge >= 0.3 is 0 Å². The number of sulfonamides is 1. The Hall–Kier alpha value is -2.05. The topological polar surface area (TPSA) is 84.2 Å². The van der Waals surface area contributed by atoms with Crippen molar-refractivity contribution in [2.75, 3.05) is 11.1 Å². The van der Waals surface area contributed by atoms with E-state index in [1.807, 2.05) is 6.07 Å². The molecule has 0 fully saturated rings. The predicted molar refractivity (Wildman–Crippen MR) is 86.0 cm³/mol. The molecule has 0 aliphatic rings. The summed E-state index contributed by atoms with van der Waals surface area (Å²) in [4.78, 5) is 0.209. The van der Waals surface area contributed by atoms with Crippen molar-refractivity contribution in [3.8, 4) is 0 Å². The van der Waals surface area contributed by atoms with E-state index in [0.29, 0.717) is 11.4 Å².